The second kappa shape index (κ2) is 6.23. The highest BCUT2D eigenvalue weighted by Crippen LogP contribution is 2.23. The monoisotopic (exact) mass is 196 g/mol. The van der Waals surface area contributed by atoms with Gasteiger partial charge >= 0.3 is 0 Å². The first kappa shape index (κ1) is 11.8. The third-order valence-electron chi connectivity index (χ3n) is 3.22. The van der Waals surface area contributed by atoms with E-state index in [9.17, 15) is 5.11 Å². The normalized spacial score (nSPS) is 25.9. The molecule has 0 spiro atoms. The smallest absolute Gasteiger partial charge is 0.0752 e. The van der Waals surface area contributed by atoms with Crippen LogP contribution in [0.15, 0.2) is 11.1 Å². The van der Waals surface area contributed by atoms with Crippen molar-refractivity contribution in [2.24, 2.45) is 0 Å². The van der Waals surface area contributed by atoms with Crippen molar-refractivity contribution < 1.29 is 5.11 Å². The first-order valence-electron chi connectivity index (χ1n) is 6.06. The van der Waals surface area contributed by atoms with Crippen LogP contribution >= 0.6 is 0 Å². The van der Waals surface area contributed by atoms with Crippen LogP contribution in [0.1, 0.15) is 65.2 Å². The Morgan fingerprint density at radius 2 is 1.57 bits per heavy atom. The lowest BCUT2D eigenvalue weighted by Gasteiger charge is -2.18. The average Bonchev–Trinajstić information content (AvgIpc) is 2.15. The Labute approximate surface area is 88.2 Å². The maximum absolute atomic E-state index is 10.0. The van der Waals surface area contributed by atoms with Crippen LogP contribution in [0.25, 0.3) is 0 Å². The summed E-state index contributed by atoms with van der Waals surface area (Å²) in [5.41, 5.74) is 2.64. The van der Waals surface area contributed by atoms with Crippen LogP contribution < -0.4 is 0 Å². The molecule has 1 nitrogen and oxygen atoms in total. The van der Waals surface area contributed by atoms with Gasteiger partial charge in [-0.3, -0.25) is 0 Å². The minimum Gasteiger partial charge on any atom is -0.389 e. The number of rotatable bonds is 0. The van der Waals surface area contributed by atoms with E-state index in [4.69, 9.17) is 0 Å². The van der Waals surface area contributed by atoms with Gasteiger partial charge in [0.25, 0.3) is 0 Å². The molecule has 1 N–H and O–H groups in total. The second-order valence-corrected chi connectivity index (χ2v) is 4.70. The summed E-state index contributed by atoms with van der Waals surface area (Å²) < 4.78 is 0. The first-order chi connectivity index (χ1) is 6.72. The van der Waals surface area contributed by atoms with E-state index in [-0.39, 0.29) is 6.10 Å². The van der Waals surface area contributed by atoms with Gasteiger partial charge in [0, 0.05) is 0 Å². The van der Waals surface area contributed by atoms with Gasteiger partial charge in [0.1, 0.15) is 0 Å². The van der Waals surface area contributed by atoms with E-state index in [2.05, 4.69) is 13.8 Å². The Balaban J connectivity index is 2.56. The SMILES string of the molecule is CC(C)=C1CCCCCCCC[C@@H]1O. The molecule has 0 aromatic carbocycles. The van der Waals surface area contributed by atoms with Crippen LogP contribution in [0.2, 0.25) is 0 Å². The number of hydrogen-bond acceptors (Lipinski definition) is 1. The Kier molecular flexibility index (Phi) is 5.24. The van der Waals surface area contributed by atoms with Crippen LogP contribution in [0.5, 0.6) is 0 Å². The van der Waals surface area contributed by atoms with Gasteiger partial charge in [-0.25, -0.2) is 0 Å². The van der Waals surface area contributed by atoms with Crippen LogP contribution in [0.4, 0.5) is 0 Å². The average molecular weight is 196 g/mol. The Bertz CT molecular complexity index is 189. The number of aliphatic hydroxyl groups excluding tert-OH is 1. The van der Waals surface area contributed by atoms with E-state index < -0.39 is 0 Å². The molecule has 0 aliphatic heterocycles. The molecule has 0 unspecified atom stereocenters. The van der Waals surface area contributed by atoms with Crippen molar-refractivity contribution in [1.82, 2.24) is 0 Å². The molecule has 0 bridgehead atoms. The van der Waals surface area contributed by atoms with Crippen molar-refractivity contribution in [2.75, 3.05) is 0 Å². The van der Waals surface area contributed by atoms with Crippen molar-refractivity contribution in [1.29, 1.82) is 0 Å². The predicted octanol–water partition coefficient (Wildman–Crippen LogP) is 3.82. The summed E-state index contributed by atoms with van der Waals surface area (Å²) in [5.74, 6) is 0. The number of aliphatic hydroxyl groups is 1. The molecular weight excluding hydrogens is 172 g/mol. The predicted molar refractivity (Wildman–Crippen MR) is 61.3 cm³/mol. The third-order valence-corrected chi connectivity index (χ3v) is 3.22. The van der Waals surface area contributed by atoms with Gasteiger partial charge in [0.2, 0.25) is 0 Å². The first-order valence-corrected chi connectivity index (χ1v) is 6.06. The summed E-state index contributed by atoms with van der Waals surface area (Å²) in [7, 11) is 0. The van der Waals surface area contributed by atoms with Crippen LogP contribution in [-0.2, 0) is 0 Å². The zero-order valence-corrected chi connectivity index (χ0v) is 9.68. The molecule has 1 fully saturated rings. The molecule has 1 rings (SSSR count). The molecule has 0 aromatic heterocycles. The van der Waals surface area contributed by atoms with Crippen LogP contribution in [0.3, 0.4) is 0 Å². The largest absolute Gasteiger partial charge is 0.389 e. The highest BCUT2D eigenvalue weighted by Gasteiger charge is 2.12. The highest BCUT2D eigenvalue weighted by molar-refractivity contribution is 5.14. The fraction of sp³-hybridized carbons (Fsp3) is 0.846. The zero-order valence-electron chi connectivity index (χ0n) is 9.68. The van der Waals surface area contributed by atoms with Gasteiger partial charge in [-0.1, -0.05) is 37.7 Å². The summed E-state index contributed by atoms with van der Waals surface area (Å²) >= 11 is 0. The van der Waals surface area contributed by atoms with Gasteiger partial charge in [-0.15, -0.1) is 0 Å². The minimum absolute atomic E-state index is 0.155. The van der Waals surface area contributed by atoms with E-state index in [0.29, 0.717) is 0 Å². The molecule has 1 atom stereocenters. The molecule has 0 saturated heterocycles. The Morgan fingerprint density at radius 1 is 1.00 bits per heavy atom. The molecular formula is C13H24O. The molecule has 1 heteroatoms. The molecule has 1 saturated carbocycles. The second-order valence-electron chi connectivity index (χ2n) is 4.70. The molecule has 1 aliphatic rings. The molecule has 0 aromatic rings. The van der Waals surface area contributed by atoms with E-state index in [1.54, 1.807) is 0 Å². The number of allylic oxidation sites excluding steroid dienone is 1. The highest BCUT2D eigenvalue weighted by atomic mass is 16.3. The van der Waals surface area contributed by atoms with Crippen LogP contribution in [0, 0.1) is 0 Å². The van der Waals surface area contributed by atoms with E-state index >= 15 is 0 Å². The molecule has 14 heavy (non-hydrogen) atoms. The zero-order chi connectivity index (χ0) is 10.4. The summed E-state index contributed by atoms with van der Waals surface area (Å²) in [6.07, 6.45) is 9.76. The summed E-state index contributed by atoms with van der Waals surface area (Å²) in [5, 5.41) is 10.0. The lowest BCUT2D eigenvalue weighted by molar-refractivity contribution is 0.188. The fourth-order valence-corrected chi connectivity index (χ4v) is 2.28. The fourth-order valence-electron chi connectivity index (χ4n) is 2.28. The van der Waals surface area contributed by atoms with Gasteiger partial charge in [0.15, 0.2) is 0 Å². The summed E-state index contributed by atoms with van der Waals surface area (Å²) in [6.45, 7) is 4.26. The van der Waals surface area contributed by atoms with Gasteiger partial charge in [-0.05, 0) is 38.7 Å². The molecule has 82 valence electrons. The van der Waals surface area contributed by atoms with Gasteiger partial charge in [-0.2, -0.15) is 0 Å². The Hall–Kier alpha value is -0.300. The topological polar surface area (TPSA) is 20.2 Å². The van der Waals surface area contributed by atoms with Crippen molar-refractivity contribution in [2.45, 2.75) is 71.3 Å². The molecule has 1 aliphatic carbocycles. The quantitative estimate of drug-likeness (QED) is 0.584. The molecule has 0 radical (unpaired) electrons. The van der Waals surface area contributed by atoms with Crippen molar-refractivity contribution >= 4 is 0 Å². The molecule has 0 amide bonds. The summed E-state index contributed by atoms with van der Waals surface area (Å²) in [4.78, 5) is 0. The van der Waals surface area contributed by atoms with Crippen molar-refractivity contribution in [3.8, 4) is 0 Å². The third kappa shape index (κ3) is 3.83. The van der Waals surface area contributed by atoms with Crippen molar-refractivity contribution in [3.63, 3.8) is 0 Å². The summed E-state index contributed by atoms with van der Waals surface area (Å²) in [6, 6.07) is 0. The molecule has 0 heterocycles. The maximum atomic E-state index is 10.0. The standard InChI is InChI=1S/C13H24O/c1-11(2)12-9-7-5-3-4-6-8-10-13(12)14/h13-14H,3-10H2,1-2H3/t13-/m0/s1. The van der Waals surface area contributed by atoms with E-state index in [1.165, 1.54) is 49.7 Å². The van der Waals surface area contributed by atoms with Gasteiger partial charge < -0.3 is 5.11 Å². The van der Waals surface area contributed by atoms with Crippen molar-refractivity contribution in [3.05, 3.63) is 11.1 Å². The van der Waals surface area contributed by atoms with E-state index in [1.807, 2.05) is 0 Å². The van der Waals surface area contributed by atoms with Crippen LogP contribution in [-0.4, -0.2) is 11.2 Å². The maximum Gasteiger partial charge on any atom is 0.0752 e. The van der Waals surface area contributed by atoms with E-state index in [0.717, 1.165) is 12.8 Å². The minimum atomic E-state index is -0.155. The lowest BCUT2D eigenvalue weighted by atomic mass is 9.92. The van der Waals surface area contributed by atoms with Gasteiger partial charge in [0.05, 0.1) is 6.10 Å². The number of hydrogen-bond donors (Lipinski definition) is 1. The lowest BCUT2D eigenvalue weighted by Crippen LogP contribution is -2.12. The Morgan fingerprint density at radius 3 is 2.21 bits per heavy atom.